The molecule has 1 amide bonds. The van der Waals surface area contributed by atoms with Gasteiger partial charge in [-0.1, -0.05) is 12.5 Å². The molecular formula is C23H30N8O2. The summed E-state index contributed by atoms with van der Waals surface area (Å²) in [6.45, 7) is 1.48. The summed E-state index contributed by atoms with van der Waals surface area (Å²) in [5.41, 5.74) is 14.4. The number of alkyl carbamates (subject to hydrolysis) is 1. The Balaban J connectivity index is 1.29. The second-order valence-electron chi connectivity index (χ2n) is 8.93. The SMILES string of the molecule is Nc1nc(-c2ccc3c(N)n[nH]c3c2)cc(N2CCC[C@@H](NC(=O)OC3CCCCC3)C2)n1. The van der Waals surface area contributed by atoms with E-state index >= 15 is 0 Å². The number of nitrogens with two attached hydrogens (primary N) is 2. The van der Waals surface area contributed by atoms with Crippen molar-refractivity contribution >= 4 is 34.6 Å². The van der Waals surface area contributed by atoms with E-state index in [4.69, 9.17) is 16.2 Å². The third-order valence-electron chi connectivity index (χ3n) is 6.51. The zero-order valence-electron chi connectivity index (χ0n) is 18.6. The molecule has 0 bridgehead atoms. The average molecular weight is 451 g/mol. The maximum absolute atomic E-state index is 12.4. The molecule has 2 aromatic heterocycles. The van der Waals surface area contributed by atoms with Crippen LogP contribution in [0.1, 0.15) is 44.9 Å². The van der Waals surface area contributed by atoms with Gasteiger partial charge < -0.3 is 26.4 Å². The molecule has 0 spiro atoms. The van der Waals surface area contributed by atoms with Crippen LogP contribution in [-0.2, 0) is 4.74 Å². The zero-order chi connectivity index (χ0) is 22.8. The topological polar surface area (TPSA) is 148 Å². The number of fused-ring (bicyclic) bond motifs is 1. The number of H-pyrrole nitrogens is 1. The first-order chi connectivity index (χ1) is 16.0. The largest absolute Gasteiger partial charge is 0.446 e. The molecule has 2 fully saturated rings. The van der Waals surface area contributed by atoms with Gasteiger partial charge in [-0.3, -0.25) is 5.10 Å². The maximum atomic E-state index is 12.4. The van der Waals surface area contributed by atoms with Crippen LogP contribution in [0.3, 0.4) is 0 Å². The minimum Gasteiger partial charge on any atom is -0.446 e. The molecule has 174 valence electrons. The third kappa shape index (κ3) is 4.79. The number of nitrogen functional groups attached to an aromatic ring is 2. The van der Waals surface area contributed by atoms with Gasteiger partial charge in [0.05, 0.1) is 11.2 Å². The molecule has 10 heteroatoms. The highest BCUT2D eigenvalue weighted by Gasteiger charge is 2.25. The minimum absolute atomic E-state index is 0.00111. The summed E-state index contributed by atoms with van der Waals surface area (Å²) in [6, 6.07) is 7.74. The van der Waals surface area contributed by atoms with Crippen molar-refractivity contribution in [2.24, 2.45) is 0 Å². The van der Waals surface area contributed by atoms with Crippen LogP contribution in [0.5, 0.6) is 0 Å². The molecule has 0 radical (unpaired) electrons. The quantitative estimate of drug-likeness (QED) is 0.473. The summed E-state index contributed by atoms with van der Waals surface area (Å²) in [7, 11) is 0. The second kappa shape index (κ2) is 9.13. The summed E-state index contributed by atoms with van der Waals surface area (Å²) >= 11 is 0. The molecule has 33 heavy (non-hydrogen) atoms. The van der Waals surface area contributed by atoms with Crippen LogP contribution in [0.25, 0.3) is 22.2 Å². The number of hydrogen-bond acceptors (Lipinski definition) is 8. The fourth-order valence-electron chi connectivity index (χ4n) is 4.80. The van der Waals surface area contributed by atoms with Gasteiger partial charge in [0.15, 0.2) is 5.82 Å². The molecule has 3 aromatic rings. The Morgan fingerprint density at radius 2 is 1.94 bits per heavy atom. The molecule has 0 unspecified atom stereocenters. The third-order valence-corrected chi connectivity index (χ3v) is 6.51. The summed E-state index contributed by atoms with van der Waals surface area (Å²) in [5.74, 6) is 1.42. The van der Waals surface area contributed by atoms with Crippen LogP contribution in [0, 0.1) is 0 Å². The Kier molecular flexibility index (Phi) is 5.89. The van der Waals surface area contributed by atoms with E-state index in [1.54, 1.807) is 0 Å². The summed E-state index contributed by atoms with van der Waals surface area (Å²) < 4.78 is 5.64. The Morgan fingerprint density at radius 3 is 2.79 bits per heavy atom. The van der Waals surface area contributed by atoms with Crippen LogP contribution < -0.4 is 21.7 Å². The maximum Gasteiger partial charge on any atom is 0.407 e. The molecule has 1 aliphatic heterocycles. The first kappa shape index (κ1) is 21.3. The van der Waals surface area contributed by atoms with Crippen molar-refractivity contribution in [2.45, 2.75) is 57.1 Å². The molecule has 1 aromatic carbocycles. The molecule has 5 rings (SSSR count). The molecule has 10 nitrogen and oxygen atoms in total. The van der Waals surface area contributed by atoms with Crippen molar-refractivity contribution in [3.8, 4) is 11.3 Å². The number of amides is 1. The number of aromatic amines is 1. The second-order valence-corrected chi connectivity index (χ2v) is 8.93. The zero-order valence-corrected chi connectivity index (χ0v) is 18.6. The highest BCUT2D eigenvalue weighted by atomic mass is 16.6. The first-order valence-electron chi connectivity index (χ1n) is 11.7. The van der Waals surface area contributed by atoms with Gasteiger partial charge in [-0.15, -0.1) is 0 Å². The predicted octanol–water partition coefficient (Wildman–Crippen LogP) is 3.21. The number of hydrogen-bond donors (Lipinski definition) is 4. The highest BCUT2D eigenvalue weighted by Crippen LogP contribution is 2.28. The number of piperidine rings is 1. The van der Waals surface area contributed by atoms with Crippen LogP contribution in [0.4, 0.5) is 22.4 Å². The number of ether oxygens (including phenoxy) is 1. The van der Waals surface area contributed by atoms with Gasteiger partial charge >= 0.3 is 6.09 Å². The van der Waals surface area contributed by atoms with Crippen molar-refractivity contribution in [2.75, 3.05) is 29.5 Å². The summed E-state index contributed by atoms with van der Waals surface area (Å²) in [5, 5.41) is 10.9. The number of carbonyl (C=O) groups excluding carboxylic acids is 1. The van der Waals surface area contributed by atoms with Crippen molar-refractivity contribution < 1.29 is 9.53 Å². The van der Waals surface area contributed by atoms with Gasteiger partial charge in [0.2, 0.25) is 5.95 Å². The van der Waals surface area contributed by atoms with Crippen molar-refractivity contribution in [1.29, 1.82) is 0 Å². The number of nitrogens with one attached hydrogen (secondary N) is 2. The number of aromatic nitrogens is 4. The fourth-order valence-corrected chi connectivity index (χ4v) is 4.80. The Labute approximate surface area is 192 Å². The van der Waals surface area contributed by atoms with E-state index in [9.17, 15) is 4.79 Å². The Hall–Kier alpha value is -3.56. The lowest BCUT2D eigenvalue weighted by molar-refractivity contribution is 0.0723. The van der Waals surface area contributed by atoms with E-state index in [1.165, 1.54) is 6.42 Å². The van der Waals surface area contributed by atoms with Crippen LogP contribution in [0.2, 0.25) is 0 Å². The Bertz CT molecular complexity index is 1140. The summed E-state index contributed by atoms with van der Waals surface area (Å²) in [4.78, 5) is 23.4. The van der Waals surface area contributed by atoms with Crippen LogP contribution in [-0.4, -0.2) is 51.5 Å². The molecule has 1 atom stereocenters. The monoisotopic (exact) mass is 450 g/mol. The van der Waals surface area contributed by atoms with Crippen LogP contribution >= 0.6 is 0 Å². The van der Waals surface area contributed by atoms with Gasteiger partial charge in [0.25, 0.3) is 0 Å². The number of carbonyl (C=O) groups is 1. The molecule has 6 N–H and O–H groups in total. The lowest BCUT2D eigenvalue weighted by atomic mass is 9.98. The van der Waals surface area contributed by atoms with E-state index in [0.717, 1.165) is 73.0 Å². The van der Waals surface area contributed by atoms with Gasteiger partial charge in [-0.25, -0.2) is 9.78 Å². The molecule has 1 saturated carbocycles. The summed E-state index contributed by atoms with van der Waals surface area (Å²) in [6.07, 6.45) is 6.99. The highest BCUT2D eigenvalue weighted by molar-refractivity contribution is 5.91. The predicted molar refractivity (Wildman–Crippen MR) is 128 cm³/mol. The van der Waals surface area contributed by atoms with Crippen molar-refractivity contribution in [3.63, 3.8) is 0 Å². The van der Waals surface area contributed by atoms with Crippen molar-refractivity contribution in [3.05, 3.63) is 24.3 Å². The fraction of sp³-hybridized carbons (Fsp3) is 0.478. The first-order valence-corrected chi connectivity index (χ1v) is 11.7. The van der Waals surface area contributed by atoms with E-state index in [1.807, 2.05) is 24.3 Å². The average Bonchev–Trinajstić information content (AvgIpc) is 3.19. The van der Waals surface area contributed by atoms with E-state index in [2.05, 4.69) is 30.4 Å². The van der Waals surface area contributed by atoms with Gasteiger partial charge in [0.1, 0.15) is 11.9 Å². The molecular weight excluding hydrogens is 420 g/mol. The number of rotatable bonds is 4. The van der Waals surface area contributed by atoms with E-state index in [-0.39, 0.29) is 24.2 Å². The van der Waals surface area contributed by atoms with Crippen molar-refractivity contribution in [1.82, 2.24) is 25.5 Å². The normalized spacial score (nSPS) is 19.5. The molecule has 3 heterocycles. The smallest absolute Gasteiger partial charge is 0.407 e. The number of anilines is 3. The molecule has 1 aliphatic carbocycles. The van der Waals surface area contributed by atoms with Gasteiger partial charge in [-0.05, 0) is 50.7 Å². The number of benzene rings is 1. The standard InChI is InChI=1S/C23H30N8O2/c24-21-17-9-8-14(11-19(17)29-30-21)18-12-20(28-22(25)27-18)31-10-4-5-15(13-31)26-23(32)33-16-6-2-1-3-7-16/h8-9,11-12,15-16H,1-7,10,13H2,(H,26,32)(H3,24,29,30)(H2,25,27,28)/t15-/m1/s1. The van der Waals surface area contributed by atoms with Gasteiger partial charge in [0, 0.05) is 36.1 Å². The molecule has 2 aliphatic rings. The van der Waals surface area contributed by atoms with Crippen LogP contribution in [0.15, 0.2) is 24.3 Å². The lowest BCUT2D eigenvalue weighted by Crippen LogP contribution is -2.48. The lowest BCUT2D eigenvalue weighted by Gasteiger charge is -2.34. The van der Waals surface area contributed by atoms with E-state index in [0.29, 0.717) is 12.4 Å². The minimum atomic E-state index is -0.316. The number of nitrogens with zero attached hydrogens (tertiary/aromatic N) is 4. The van der Waals surface area contributed by atoms with E-state index < -0.39 is 0 Å². The Morgan fingerprint density at radius 1 is 1.09 bits per heavy atom. The molecule has 1 saturated heterocycles. The van der Waals surface area contributed by atoms with Gasteiger partial charge in [-0.2, -0.15) is 10.1 Å².